The largest absolute Gasteiger partial charge is 1.00 e. The predicted molar refractivity (Wildman–Crippen MR) is 582 cm³/mol. The average Bonchev–Trinajstić information content (AvgIpc) is 1.35. The highest BCUT2D eigenvalue weighted by Crippen LogP contribution is 2.17. The molecular formula is C104H154Br8N28O. The first kappa shape index (κ1) is 126. The number of carbonyl (C=O) groups excluding carboxylic acids is 1. The molecule has 3 aliphatic heterocycles. The topological polar surface area (TPSA) is 230 Å². The van der Waals surface area contributed by atoms with Crippen LogP contribution in [0.4, 0.5) is 28.4 Å². The van der Waals surface area contributed by atoms with Gasteiger partial charge in [0.1, 0.15) is 49.6 Å². The van der Waals surface area contributed by atoms with E-state index in [1.54, 1.807) is 41.4 Å². The molecule has 14 rings (SSSR count). The number of nitrogens with zero attached hydrogens (tertiary/aromatic N) is 24. The van der Waals surface area contributed by atoms with Crippen LogP contribution in [0.2, 0.25) is 0 Å². The first-order valence-corrected chi connectivity index (χ1v) is 52.6. The van der Waals surface area contributed by atoms with Crippen LogP contribution in [0.15, 0.2) is 309 Å². The van der Waals surface area contributed by atoms with E-state index in [1.165, 1.54) is 143 Å². The second-order valence-corrected chi connectivity index (χ2v) is 36.9. The quantitative estimate of drug-likeness (QED) is 0.00798. The van der Waals surface area contributed by atoms with Crippen molar-refractivity contribution in [3.8, 4) is 0 Å². The van der Waals surface area contributed by atoms with Crippen LogP contribution in [0, 0.1) is 0 Å². The molecule has 6 atom stereocenters. The summed E-state index contributed by atoms with van der Waals surface area (Å²) < 4.78 is 14.6. The number of hydrazine groups is 1. The lowest BCUT2D eigenvalue weighted by Crippen LogP contribution is -3.11. The van der Waals surface area contributed by atoms with Gasteiger partial charge in [0.2, 0.25) is 24.8 Å². The fourth-order valence-electron chi connectivity index (χ4n) is 14.6. The Morgan fingerprint density at radius 3 is 0.936 bits per heavy atom. The lowest BCUT2D eigenvalue weighted by molar-refractivity contribution is -0.864. The van der Waals surface area contributed by atoms with E-state index in [-0.39, 0.29) is 86.4 Å². The van der Waals surface area contributed by atoms with E-state index in [4.69, 9.17) is 10.9 Å². The maximum atomic E-state index is 10.0. The summed E-state index contributed by atoms with van der Waals surface area (Å²) in [6.45, 7) is 8.78. The van der Waals surface area contributed by atoms with Gasteiger partial charge in [-0.05, 0) is 163 Å². The molecule has 6 unspecified atom stereocenters. The van der Waals surface area contributed by atoms with E-state index < -0.39 is 0 Å². The molecule has 141 heavy (non-hydrogen) atoms. The SMILES string of the molecule is BrCCCCCCBr.CN(/N=C/C1N(C)C=C[NH+]1CCCCCCBr)c1ccccc1.CN(/N=C/C1N(C)C=C[NH+]1CCCCCCBr)c1ccccc1.CN(/N=C/C1N(C)C=C[NH+]1CCCCCC[n+]1ccn(CCCCn2ccnc2)c1)c1ccccc1.CN(/N=C/c1nccn1C)c1ccccc1.CN(N)c1ccccc1.Cn1ccnc1C=O.[Br-].[Br-].[Br-].[Br-].c1cn(CCCCn2ccnc2)cn1. The van der Waals surface area contributed by atoms with Gasteiger partial charge in [0.15, 0.2) is 17.9 Å². The molecule has 5 aromatic carbocycles. The molecule has 0 saturated heterocycles. The number of anilines is 5. The Kier molecular flexibility index (Phi) is 70.2. The molecule has 0 bridgehead atoms. The zero-order valence-electron chi connectivity index (χ0n) is 84.1. The van der Waals surface area contributed by atoms with Crippen molar-refractivity contribution in [2.75, 3.05) is 122 Å². The summed E-state index contributed by atoms with van der Waals surface area (Å²) in [5.74, 6) is 6.75. The highest BCUT2D eigenvalue weighted by Gasteiger charge is 2.30. The van der Waals surface area contributed by atoms with Crippen LogP contribution in [0.25, 0.3) is 0 Å². The highest BCUT2D eigenvalue weighted by atomic mass is 79.9. The molecule has 0 saturated carbocycles. The number of hydrogen-bond acceptors (Lipinski definition) is 19. The van der Waals surface area contributed by atoms with Gasteiger partial charge < -0.3 is 110 Å². The van der Waals surface area contributed by atoms with Gasteiger partial charge in [0.05, 0.1) is 105 Å². The van der Waals surface area contributed by atoms with Crippen LogP contribution in [0.1, 0.15) is 145 Å². The zero-order chi connectivity index (χ0) is 97.9. The van der Waals surface area contributed by atoms with Gasteiger partial charge in [-0.25, -0.2) is 39.9 Å². The molecule has 11 aromatic rings. The number of alkyl halides is 4. The molecule has 0 radical (unpaired) electrons. The Morgan fingerprint density at radius 2 is 0.660 bits per heavy atom. The predicted octanol–water partition coefficient (Wildman–Crippen LogP) is 4.18. The molecule has 9 heterocycles. The third-order valence-electron chi connectivity index (χ3n) is 23.0. The van der Waals surface area contributed by atoms with Gasteiger partial charge in [0, 0.05) is 173 Å². The van der Waals surface area contributed by atoms with E-state index in [0.717, 1.165) is 114 Å². The van der Waals surface area contributed by atoms with Crippen LogP contribution < -0.4 is 118 Å². The molecule has 3 aliphatic rings. The second kappa shape index (κ2) is 78.4. The Labute approximate surface area is 916 Å². The van der Waals surface area contributed by atoms with Crippen molar-refractivity contribution in [1.29, 1.82) is 0 Å². The number of quaternary nitrogens is 3. The number of rotatable bonds is 48. The Hall–Kier alpha value is -8.99. The summed E-state index contributed by atoms with van der Waals surface area (Å²) in [5.41, 5.74) is 5.38. The third-order valence-corrected chi connectivity index (χ3v) is 25.2. The fraction of sp³-hybridized carbons (Fsp3) is 0.433. The van der Waals surface area contributed by atoms with Crippen molar-refractivity contribution in [1.82, 2.24) is 67.0 Å². The van der Waals surface area contributed by atoms with Crippen molar-refractivity contribution < 1.29 is 92.0 Å². The molecule has 0 spiro atoms. The molecule has 6 aromatic heterocycles. The molecule has 772 valence electrons. The summed E-state index contributed by atoms with van der Waals surface area (Å²) in [7, 11) is 19.8. The Bertz CT molecular complexity index is 4880. The van der Waals surface area contributed by atoms with E-state index in [1.807, 2.05) is 245 Å². The minimum Gasteiger partial charge on any atom is -1.00 e. The monoisotopic (exact) mass is 2440 g/mol. The number of unbranched alkanes of at least 4 members (excludes halogenated alkanes) is 14. The maximum absolute atomic E-state index is 10.0. The van der Waals surface area contributed by atoms with E-state index in [2.05, 4.69) is 274 Å². The van der Waals surface area contributed by atoms with Gasteiger partial charge in [-0.15, -0.1) is 0 Å². The molecule has 0 amide bonds. The number of carbonyl (C=O) groups is 1. The van der Waals surface area contributed by atoms with Crippen molar-refractivity contribution >= 4 is 123 Å². The molecule has 29 nitrogen and oxygen atoms in total. The molecule has 0 aliphatic carbocycles. The molecule has 37 heteroatoms. The first-order valence-electron chi connectivity index (χ1n) is 48.1. The highest BCUT2D eigenvalue weighted by molar-refractivity contribution is 9.09. The lowest BCUT2D eigenvalue weighted by Gasteiger charge is -2.23. The number of benzene rings is 5. The molecule has 0 fully saturated rings. The van der Waals surface area contributed by atoms with Gasteiger partial charge in [-0.2, -0.15) is 20.4 Å². The summed E-state index contributed by atoms with van der Waals surface area (Å²) in [6, 6.07) is 50.5. The average molecular weight is 2450 g/mol. The summed E-state index contributed by atoms with van der Waals surface area (Å²) in [6.07, 6.45) is 78.9. The molecule has 5 N–H and O–H groups in total. The van der Waals surface area contributed by atoms with Crippen LogP contribution in [-0.2, 0) is 46.8 Å². The van der Waals surface area contributed by atoms with Gasteiger partial charge in [-0.1, -0.05) is 180 Å². The number of aldehydes is 1. The number of nitrogens with two attached hydrogens (primary N) is 1. The lowest BCUT2D eigenvalue weighted by atomic mass is 10.2. The van der Waals surface area contributed by atoms with Crippen molar-refractivity contribution in [3.63, 3.8) is 0 Å². The standard InChI is InChI=1S/C28H41N8.2C18H27BrN4.C12H14N4.C10H14N4.C7H10N2.C6H12Br2.C5H6N2O.4BrH/c1-31-20-23-36(28(31)24-30-32(2)27-12-6-5-7-13-27)18-9-4-3-8-16-34-21-22-35(26-34)17-11-10-15-33-19-14-29-25-33;2*1-21-14-15-23(13-9-4-3-8-12-19)18(21)16-20-22(2)17-10-6-5-7-11-17;1-15-9-8-13-12(15)10-14-16(2)11-6-4-3-5-7-11;1(5-13-7-3-11-9-13)2-6-14-8-4-12-10-14;1-9(8)7-5-3-2-4-6-7;7-5-3-1-2-4-6-8;1-7-3-2-6-5(7)4-8;;;;/h5-7,12-14,19-26,28H,3-4,8-11,15-18H2,1-2H3;2*5-7,10-11,14-16,18H,3-4,8-9,12-13H2,1-2H3;3-10H,1-2H3;3-4,7-10H,1-2,5-6H2;2-6H,8H2,1H3;1-6H2;2-4H,1H3;4*1H/q+1;;;;;;;;;;;/p-1/b30-24+;2*20-16+;14-10+;;;;;;;;. The smallest absolute Gasteiger partial charge is 0.243 e. The maximum Gasteiger partial charge on any atom is 0.243 e. The number of aryl methyl sites for hydroxylation is 7. The zero-order valence-corrected chi connectivity index (χ0v) is 96.8. The molecular weight excluding hydrogens is 2300 g/mol. The Morgan fingerprint density at radius 1 is 0.362 bits per heavy atom. The van der Waals surface area contributed by atoms with E-state index in [0.29, 0.717) is 5.82 Å². The van der Waals surface area contributed by atoms with Gasteiger partial charge in [0.25, 0.3) is 0 Å². The van der Waals surface area contributed by atoms with Crippen LogP contribution in [0.5, 0.6) is 0 Å². The number of nitrogens with one attached hydrogen (secondary N) is 3. The van der Waals surface area contributed by atoms with Gasteiger partial charge >= 0.3 is 0 Å². The number of para-hydroxylation sites is 5. The van der Waals surface area contributed by atoms with Crippen LogP contribution in [0.3, 0.4) is 0 Å². The number of halogens is 8. The Balaban J connectivity index is 0.000000434. The number of hydrazone groups is 4. The normalized spacial score (nSPS) is 15.1. The fourth-order valence-corrected chi connectivity index (χ4v) is 16.2. The number of aromatic nitrogens is 12. The van der Waals surface area contributed by atoms with Crippen molar-refractivity contribution in [2.45, 2.75) is 180 Å². The van der Waals surface area contributed by atoms with Crippen molar-refractivity contribution in [2.24, 2.45) is 40.3 Å². The van der Waals surface area contributed by atoms with Gasteiger partial charge in [-0.3, -0.25) is 39.5 Å². The summed E-state index contributed by atoms with van der Waals surface area (Å²) >= 11 is 13.8. The van der Waals surface area contributed by atoms with Crippen LogP contribution in [-0.4, -0.2) is 214 Å². The number of hydrogen-bond donors (Lipinski definition) is 4. The summed E-state index contributed by atoms with van der Waals surface area (Å²) in [4.78, 5) is 41.1. The minimum atomic E-state index is 0. The first-order chi connectivity index (χ1) is 66.9. The van der Waals surface area contributed by atoms with E-state index in [9.17, 15) is 4.79 Å². The van der Waals surface area contributed by atoms with Crippen molar-refractivity contribution in [3.05, 3.63) is 300 Å². The van der Waals surface area contributed by atoms with Crippen LogP contribution >= 0.6 is 63.7 Å². The number of imidazole rings is 6. The second-order valence-electron chi connectivity index (χ2n) is 33.7. The van der Waals surface area contributed by atoms with E-state index >= 15 is 0 Å². The third kappa shape index (κ3) is 52.4. The minimum absolute atomic E-state index is 0. The summed E-state index contributed by atoms with van der Waals surface area (Å²) in [5, 5.41) is 32.1.